The number of carbonyl (C=O) groups excluding carboxylic acids is 3. The fraction of sp³-hybridized carbons (Fsp3) is 0.0513. The summed E-state index contributed by atoms with van der Waals surface area (Å²) in [6, 6.07) is 28.5. The highest BCUT2D eigenvalue weighted by atomic mass is 32.1. The number of aryl methyl sites for hydroxylation is 1. The molecule has 0 spiro atoms. The Kier molecular flexibility index (Phi) is 10.2. The fourth-order valence-electron chi connectivity index (χ4n) is 5.49. The topological polar surface area (TPSA) is 122 Å². The quantitative estimate of drug-likeness (QED) is 0.128. The molecule has 0 aliphatic heterocycles. The molecule has 264 valence electrons. The molecule has 0 bridgehead atoms. The lowest BCUT2D eigenvalue weighted by atomic mass is 9.99. The number of aromatic nitrogens is 2. The Balaban J connectivity index is 1.11. The van der Waals surface area contributed by atoms with Gasteiger partial charge in [0.15, 0.2) is 10.3 Å². The molecule has 0 fully saturated rings. The summed E-state index contributed by atoms with van der Waals surface area (Å²) in [7, 11) is 1.49. The zero-order valence-electron chi connectivity index (χ0n) is 27.9. The van der Waals surface area contributed by atoms with Crippen LogP contribution in [-0.2, 0) is 0 Å². The van der Waals surface area contributed by atoms with Crippen LogP contribution in [0.4, 0.5) is 24.0 Å². The van der Waals surface area contributed by atoms with Gasteiger partial charge in [-0.2, -0.15) is 0 Å². The van der Waals surface area contributed by atoms with Gasteiger partial charge >= 0.3 is 0 Å². The molecule has 7 rings (SSSR count). The van der Waals surface area contributed by atoms with E-state index in [1.807, 2.05) is 54.8 Å². The molecular weight excluding hydrogens is 737 g/mol. The Morgan fingerprint density at radius 1 is 0.660 bits per heavy atom. The minimum Gasteiger partial charge on any atom is -0.496 e. The van der Waals surface area contributed by atoms with Crippen molar-refractivity contribution in [2.75, 3.05) is 23.1 Å². The van der Waals surface area contributed by atoms with Crippen molar-refractivity contribution >= 4 is 67.0 Å². The number of thiophene rings is 1. The lowest BCUT2D eigenvalue weighted by Crippen LogP contribution is -2.15. The third-order valence-corrected chi connectivity index (χ3v) is 10.6. The second-order valence-electron chi connectivity index (χ2n) is 11.4. The molecule has 3 heterocycles. The minimum atomic E-state index is -0.965. The van der Waals surface area contributed by atoms with Gasteiger partial charge in [0.25, 0.3) is 17.7 Å². The molecule has 0 saturated heterocycles. The number of carbonyl (C=O) groups is 3. The molecule has 0 saturated carbocycles. The van der Waals surface area contributed by atoms with Gasteiger partial charge < -0.3 is 10.1 Å². The second-order valence-corrected chi connectivity index (χ2v) is 14.6. The lowest BCUT2D eigenvalue weighted by Gasteiger charge is -2.08. The van der Waals surface area contributed by atoms with Gasteiger partial charge in [-0.3, -0.25) is 25.0 Å². The number of nitrogens with one attached hydrogen (secondary N) is 3. The van der Waals surface area contributed by atoms with Crippen LogP contribution >= 0.6 is 34.0 Å². The van der Waals surface area contributed by atoms with Crippen molar-refractivity contribution in [2.24, 2.45) is 0 Å². The Labute approximate surface area is 314 Å². The summed E-state index contributed by atoms with van der Waals surface area (Å²) < 4.78 is 33.7. The fourth-order valence-corrected chi connectivity index (χ4v) is 7.97. The highest BCUT2D eigenvalue weighted by Crippen LogP contribution is 2.39. The van der Waals surface area contributed by atoms with Crippen LogP contribution in [0, 0.1) is 18.6 Å². The Hall–Kier alpha value is -6.09. The molecule has 0 radical (unpaired) electrons. The molecule has 0 atom stereocenters. The Bertz CT molecular complexity index is 2480. The molecule has 3 aromatic heterocycles. The number of para-hydroxylation sites is 1. The van der Waals surface area contributed by atoms with Crippen LogP contribution in [0.15, 0.2) is 109 Å². The largest absolute Gasteiger partial charge is 0.496 e. The maximum absolute atomic E-state index is 14.2. The van der Waals surface area contributed by atoms with Crippen LogP contribution < -0.4 is 20.7 Å². The molecule has 53 heavy (non-hydrogen) atoms. The predicted octanol–water partition coefficient (Wildman–Crippen LogP) is 10.0. The van der Waals surface area contributed by atoms with Gasteiger partial charge in [0.1, 0.15) is 33.6 Å². The molecule has 14 heteroatoms. The molecule has 0 aliphatic carbocycles. The van der Waals surface area contributed by atoms with Gasteiger partial charge in [0, 0.05) is 16.0 Å². The number of anilines is 3. The number of methoxy groups -OCH3 is 1. The lowest BCUT2D eigenvalue weighted by molar-refractivity contribution is 0.101. The van der Waals surface area contributed by atoms with Crippen molar-refractivity contribution in [3.63, 3.8) is 0 Å². The second kappa shape index (κ2) is 15.3. The number of hydrogen-bond donors (Lipinski definition) is 3. The van der Waals surface area contributed by atoms with E-state index in [0.717, 1.165) is 49.9 Å². The third-order valence-electron chi connectivity index (χ3n) is 7.98. The molecule has 3 N–H and O–H groups in total. The standard InChI is InChI=1S/C39H27F2N5O4S3/c1-21-32(42-38(52-21)46-36(49)31-27(40)14-7-15-28(31)41)24-11-5-9-22(19-24)23-10-6-12-25(20-23)34(47)44-37-33(30-17-8-18-51-30)43-39(53-37)45-35(48)26-13-3-4-16-29(26)50-2/h3-20H,1-2H3,(H,44,47)(H,42,46,49)(H,43,45,48). The summed E-state index contributed by atoms with van der Waals surface area (Å²) in [5.74, 6) is -3.20. The zero-order chi connectivity index (χ0) is 37.1. The molecule has 9 nitrogen and oxygen atoms in total. The molecule has 7 aromatic rings. The van der Waals surface area contributed by atoms with Crippen LogP contribution in [0.25, 0.3) is 33.0 Å². The Morgan fingerprint density at radius 2 is 1.32 bits per heavy atom. The van der Waals surface area contributed by atoms with Crippen molar-refractivity contribution in [1.82, 2.24) is 9.97 Å². The normalized spacial score (nSPS) is 10.9. The summed E-state index contributed by atoms with van der Waals surface area (Å²) in [5, 5.41) is 11.2. The van der Waals surface area contributed by atoms with Gasteiger partial charge in [0.05, 0.1) is 23.2 Å². The highest BCUT2D eigenvalue weighted by Gasteiger charge is 2.22. The molecular formula is C39H27F2N5O4S3. The van der Waals surface area contributed by atoms with Crippen molar-refractivity contribution < 1.29 is 27.9 Å². The first-order valence-corrected chi connectivity index (χ1v) is 18.4. The first-order chi connectivity index (χ1) is 25.7. The number of ether oxygens (including phenoxy) is 1. The maximum Gasteiger partial charge on any atom is 0.263 e. The van der Waals surface area contributed by atoms with E-state index in [4.69, 9.17) is 4.74 Å². The van der Waals surface area contributed by atoms with Crippen LogP contribution in [0.2, 0.25) is 0 Å². The van der Waals surface area contributed by atoms with E-state index in [9.17, 15) is 23.2 Å². The SMILES string of the molecule is COc1ccccc1C(=O)Nc1nc(-c2cccs2)c(NC(=O)c2cccc(-c3cccc(-c4nc(NC(=O)c5c(F)cccc5F)sc4C)c3)c2)s1. The van der Waals surface area contributed by atoms with E-state index < -0.39 is 29.0 Å². The highest BCUT2D eigenvalue weighted by molar-refractivity contribution is 7.21. The number of halogens is 2. The summed E-state index contributed by atoms with van der Waals surface area (Å²) in [4.78, 5) is 50.3. The van der Waals surface area contributed by atoms with E-state index in [1.54, 1.807) is 42.5 Å². The predicted molar refractivity (Wildman–Crippen MR) is 206 cm³/mol. The average molecular weight is 764 g/mol. The van der Waals surface area contributed by atoms with E-state index in [1.165, 1.54) is 35.8 Å². The van der Waals surface area contributed by atoms with Crippen molar-refractivity contribution in [3.8, 4) is 38.7 Å². The summed E-state index contributed by atoms with van der Waals surface area (Å²) in [6.45, 7) is 1.84. The average Bonchev–Trinajstić information content (AvgIpc) is 3.92. The van der Waals surface area contributed by atoms with Crippen molar-refractivity contribution in [1.29, 1.82) is 0 Å². The number of rotatable bonds is 10. The molecule has 0 aliphatic rings. The van der Waals surface area contributed by atoms with Crippen molar-refractivity contribution in [3.05, 3.63) is 142 Å². The summed E-state index contributed by atoms with van der Waals surface area (Å²) >= 11 is 3.79. The van der Waals surface area contributed by atoms with Crippen LogP contribution in [0.1, 0.15) is 36.0 Å². The summed E-state index contributed by atoms with van der Waals surface area (Å²) in [6.07, 6.45) is 0. The molecule has 0 unspecified atom stereocenters. The van der Waals surface area contributed by atoms with E-state index in [2.05, 4.69) is 25.9 Å². The van der Waals surface area contributed by atoms with Gasteiger partial charge in [0.2, 0.25) is 0 Å². The van der Waals surface area contributed by atoms with Crippen LogP contribution in [0.3, 0.4) is 0 Å². The zero-order valence-corrected chi connectivity index (χ0v) is 30.3. The number of thiazole rings is 2. The van der Waals surface area contributed by atoms with Gasteiger partial charge in [-0.25, -0.2) is 18.7 Å². The number of amides is 3. The van der Waals surface area contributed by atoms with Gasteiger partial charge in [-0.05, 0) is 72.0 Å². The molecule has 3 amide bonds. The summed E-state index contributed by atoms with van der Waals surface area (Å²) in [5.41, 5.74) is 3.51. The first kappa shape index (κ1) is 35.3. The monoisotopic (exact) mass is 763 g/mol. The van der Waals surface area contributed by atoms with Crippen LogP contribution in [0.5, 0.6) is 5.75 Å². The van der Waals surface area contributed by atoms with E-state index >= 15 is 0 Å². The van der Waals surface area contributed by atoms with Crippen molar-refractivity contribution in [2.45, 2.75) is 6.92 Å². The smallest absolute Gasteiger partial charge is 0.263 e. The van der Waals surface area contributed by atoms with Gasteiger partial charge in [-0.15, -0.1) is 22.7 Å². The maximum atomic E-state index is 14.2. The number of hydrogen-bond acceptors (Lipinski definition) is 9. The van der Waals surface area contributed by atoms with Crippen LogP contribution in [-0.4, -0.2) is 34.8 Å². The minimum absolute atomic E-state index is 0.196. The van der Waals surface area contributed by atoms with E-state index in [-0.39, 0.29) is 11.0 Å². The van der Waals surface area contributed by atoms with E-state index in [0.29, 0.717) is 38.4 Å². The van der Waals surface area contributed by atoms with Gasteiger partial charge in [-0.1, -0.05) is 65.9 Å². The molecule has 4 aromatic carbocycles. The first-order valence-electron chi connectivity index (χ1n) is 15.9. The number of nitrogens with zero attached hydrogens (tertiary/aromatic N) is 2. The Morgan fingerprint density at radius 3 is 2.08 bits per heavy atom. The third kappa shape index (κ3) is 7.60. The number of benzene rings is 4.